The summed E-state index contributed by atoms with van der Waals surface area (Å²) >= 11 is 1.86. The highest BCUT2D eigenvalue weighted by Crippen LogP contribution is 2.48. The molecule has 0 aliphatic heterocycles. The summed E-state index contributed by atoms with van der Waals surface area (Å²) in [5, 5.41) is 5.04. The average molecular weight is 669 g/mol. The van der Waals surface area contributed by atoms with Gasteiger partial charge in [-0.25, -0.2) is 0 Å². The molecule has 0 radical (unpaired) electrons. The van der Waals surface area contributed by atoms with E-state index in [2.05, 4.69) is 204 Å². The zero-order valence-corrected chi connectivity index (χ0v) is 28.6. The van der Waals surface area contributed by atoms with Crippen molar-refractivity contribution in [3.8, 4) is 27.9 Å². The molecule has 0 bridgehead atoms. The van der Waals surface area contributed by atoms with E-state index in [1.54, 1.807) is 0 Å². The Balaban J connectivity index is 1.31. The highest BCUT2D eigenvalue weighted by Gasteiger charge is 2.23. The van der Waals surface area contributed by atoms with Gasteiger partial charge in [-0.2, -0.15) is 0 Å². The summed E-state index contributed by atoms with van der Waals surface area (Å²) in [4.78, 5) is 2.48. The van der Waals surface area contributed by atoms with Gasteiger partial charge in [0.15, 0.2) is 0 Å². The van der Waals surface area contributed by atoms with Crippen molar-refractivity contribution >= 4 is 70.4 Å². The van der Waals surface area contributed by atoms with Crippen LogP contribution in [0.5, 0.6) is 0 Å². The van der Waals surface area contributed by atoms with Gasteiger partial charge in [-0.1, -0.05) is 140 Å². The quantitative estimate of drug-likeness (QED) is 0.171. The molecule has 3 heteroatoms. The lowest BCUT2D eigenvalue weighted by Crippen LogP contribution is -2.11. The lowest BCUT2D eigenvalue weighted by Gasteiger charge is -2.29. The van der Waals surface area contributed by atoms with Gasteiger partial charge in [0, 0.05) is 47.9 Å². The highest BCUT2D eigenvalue weighted by molar-refractivity contribution is 7.26. The van der Waals surface area contributed by atoms with Crippen molar-refractivity contribution in [2.75, 3.05) is 4.90 Å². The summed E-state index contributed by atoms with van der Waals surface area (Å²) in [5.41, 5.74) is 11.7. The average Bonchev–Trinajstić information content (AvgIpc) is 3.75. The molecule has 0 fully saturated rings. The van der Waals surface area contributed by atoms with E-state index in [4.69, 9.17) is 0 Å². The molecule has 0 saturated carbocycles. The summed E-state index contributed by atoms with van der Waals surface area (Å²) in [6.07, 6.45) is 0. The van der Waals surface area contributed by atoms with Crippen LogP contribution in [0.3, 0.4) is 0 Å². The number of nitrogens with zero attached hydrogens (tertiary/aromatic N) is 2. The molecule has 0 unspecified atom stereocenters. The van der Waals surface area contributed by atoms with Gasteiger partial charge >= 0.3 is 0 Å². The first kappa shape index (κ1) is 29.5. The van der Waals surface area contributed by atoms with Crippen LogP contribution < -0.4 is 4.90 Å². The van der Waals surface area contributed by atoms with Crippen LogP contribution >= 0.6 is 11.3 Å². The van der Waals surface area contributed by atoms with Crippen molar-refractivity contribution in [1.82, 2.24) is 4.57 Å². The third-order valence-electron chi connectivity index (χ3n) is 9.98. The van der Waals surface area contributed by atoms with Gasteiger partial charge in [0.05, 0.1) is 22.4 Å². The van der Waals surface area contributed by atoms with E-state index in [1.807, 2.05) is 11.3 Å². The molecule has 2 heterocycles. The second-order valence-electron chi connectivity index (χ2n) is 12.9. The Kier molecular flexibility index (Phi) is 7.04. The van der Waals surface area contributed by atoms with Gasteiger partial charge in [0.2, 0.25) is 0 Å². The number of fused-ring (bicyclic) bond motifs is 6. The fraction of sp³-hybridized carbons (Fsp3) is 0. The molecule has 0 N–H and O–H groups in total. The molecule has 0 amide bonds. The summed E-state index contributed by atoms with van der Waals surface area (Å²) in [7, 11) is 0. The molecule has 0 spiro atoms. The van der Waals surface area contributed by atoms with Crippen molar-refractivity contribution in [3.05, 3.63) is 194 Å². The third kappa shape index (κ3) is 4.85. The number of hydrogen-bond donors (Lipinski definition) is 0. The Bertz CT molecular complexity index is 2850. The summed E-state index contributed by atoms with van der Waals surface area (Å²) < 4.78 is 5.01. The number of para-hydroxylation sites is 2. The lowest BCUT2D eigenvalue weighted by molar-refractivity contribution is 1.18. The fourth-order valence-electron chi connectivity index (χ4n) is 7.79. The number of aromatic nitrogens is 1. The van der Waals surface area contributed by atoms with E-state index in [0.717, 1.165) is 17.1 Å². The topological polar surface area (TPSA) is 8.17 Å². The molecule has 10 rings (SSSR count). The summed E-state index contributed by atoms with van der Waals surface area (Å²) in [6, 6.07) is 70.4. The van der Waals surface area contributed by atoms with Gasteiger partial charge in [-0.3, -0.25) is 0 Å². The molecule has 8 aromatic carbocycles. The molecule has 0 aliphatic rings. The fourth-order valence-corrected chi connectivity index (χ4v) is 8.92. The summed E-state index contributed by atoms with van der Waals surface area (Å²) in [5.74, 6) is 0. The second-order valence-corrected chi connectivity index (χ2v) is 14.0. The molecule has 2 nitrogen and oxygen atoms in total. The van der Waals surface area contributed by atoms with Crippen molar-refractivity contribution in [2.45, 2.75) is 0 Å². The zero-order chi connectivity index (χ0) is 33.7. The van der Waals surface area contributed by atoms with Crippen molar-refractivity contribution in [3.63, 3.8) is 0 Å². The number of rotatable bonds is 6. The van der Waals surface area contributed by atoms with Gasteiger partial charge in [0.25, 0.3) is 0 Å². The van der Waals surface area contributed by atoms with E-state index in [0.29, 0.717) is 0 Å². The van der Waals surface area contributed by atoms with E-state index in [-0.39, 0.29) is 0 Å². The normalized spacial score (nSPS) is 11.5. The molecule has 51 heavy (non-hydrogen) atoms. The van der Waals surface area contributed by atoms with Crippen LogP contribution in [0.4, 0.5) is 17.1 Å². The van der Waals surface area contributed by atoms with Crippen molar-refractivity contribution in [1.29, 1.82) is 0 Å². The predicted molar refractivity (Wildman–Crippen MR) is 219 cm³/mol. The van der Waals surface area contributed by atoms with Gasteiger partial charge in [-0.05, 0) is 71.3 Å². The van der Waals surface area contributed by atoms with Crippen LogP contribution in [-0.2, 0) is 0 Å². The van der Waals surface area contributed by atoms with Gasteiger partial charge in [-0.15, -0.1) is 11.3 Å². The Morgan fingerprint density at radius 3 is 1.80 bits per heavy atom. The second kappa shape index (κ2) is 12.2. The molecule has 2 aromatic heterocycles. The minimum absolute atomic E-state index is 1.11. The Morgan fingerprint density at radius 1 is 0.392 bits per heavy atom. The van der Waals surface area contributed by atoms with Crippen LogP contribution in [0.25, 0.3) is 69.9 Å². The van der Waals surface area contributed by atoms with E-state index >= 15 is 0 Å². The Hall–Kier alpha value is -6.42. The maximum atomic E-state index is 2.48. The van der Waals surface area contributed by atoms with Crippen LogP contribution in [0.15, 0.2) is 194 Å². The lowest BCUT2D eigenvalue weighted by atomic mass is 9.99. The van der Waals surface area contributed by atoms with Crippen LogP contribution in [0.2, 0.25) is 0 Å². The van der Waals surface area contributed by atoms with Crippen LogP contribution in [0.1, 0.15) is 0 Å². The molecular weight excluding hydrogens is 637 g/mol. The van der Waals surface area contributed by atoms with Gasteiger partial charge < -0.3 is 9.47 Å². The van der Waals surface area contributed by atoms with Gasteiger partial charge in [0.1, 0.15) is 0 Å². The maximum absolute atomic E-state index is 2.48. The van der Waals surface area contributed by atoms with E-state index in [9.17, 15) is 0 Å². The number of hydrogen-bond acceptors (Lipinski definition) is 2. The Labute approximate surface area is 300 Å². The number of benzene rings is 8. The van der Waals surface area contributed by atoms with E-state index in [1.165, 1.54) is 69.9 Å². The third-order valence-corrected chi connectivity index (χ3v) is 11.1. The van der Waals surface area contributed by atoms with Crippen molar-refractivity contribution in [2.24, 2.45) is 0 Å². The smallest absolute Gasteiger partial charge is 0.0562 e. The van der Waals surface area contributed by atoms with E-state index < -0.39 is 0 Å². The first-order valence-electron chi connectivity index (χ1n) is 17.4. The monoisotopic (exact) mass is 668 g/mol. The number of thiophene rings is 1. The van der Waals surface area contributed by atoms with Crippen LogP contribution in [0, 0.1) is 0 Å². The molecular formula is C48H32N2S. The minimum Gasteiger partial charge on any atom is -0.309 e. The minimum atomic E-state index is 1.11. The molecule has 0 atom stereocenters. The zero-order valence-electron chi connectivity index (χ0n) is 27.8. The first-order chi connectivity index (χ1) is 25.3. The maximum Gasteiger partial charge on any atom is 0.0562 e. The SMILES string of the molecule is c1ccc(-c2ccccc2N(c2ccc3c4c(-c5ccccc5)cccc4n(-c4ccccc4)c3c2)c2cccc3sc4ccccc4c23)cc1. The largest absolute Gasteiger partial charge is 0.309 e. The molecule has 0 aliphatic carbocycles. The summed E-state index contributed by atoms with van der Waals surface area (Å²) in [6.45, 7) is 0. The highest BCUT2D eigenvalue weighted by atomic mass is 32.1. The molecule has 240 valence electrons. The first-order valence-corrected chi connectivity index (χ1v) is 18.2. The van der Waals surface area contributed by atoms with Crippen molar-refractivity contribution < 1.29 is 0 Å². The Morgan fingerprint density at radius 2 is 1.00 bits per heavy atom. The molecule has 0 saturated heterocycles. The predicted octanol–water partition coefficient (Wildman–Crippen LogP) is 14.0. The van der Waals surface area contributed by atoms with Crippen LogP contribution in [-0.4, -0.2) is 4.57 Å². The molecule has 10 aromatic rings. The number of anilines is 3. The standard InChI is InChI=1S/C48H32N2S/c1-4-16-33(17-5-1)37-22-10-12-25-41(37)50(43-27-15-29-46-48(43)40-23-11-13-28-45(40)51-46)36-30-31-39-44(32-36)49(35-20-8-3-9-21-35)42-26-14-24-38(47(39)42)34-18-6-2-7-19-34/h1-32H.